The number of aromatic nitrogens is 1. The van der Waals surface area contributed by atoms with Gasteiger partial charge in [0.1, 0.15) is 0 Å². The number of rotatable bonds is 3. The van der Waals surface area contributed by atoms with E-state index < -0.39 is 0 Å². The van der Waals surface area contributed by atoms with Crippen molar-refractivity contribution < 1.29 is 0 Å². The van der Waals surface area contributed by atoms with Crippen molar-refractivity contribution in [3.8, 4) is 0 Å². The zero-order valence-corrected chi connectivity index (χ0v) is 11.9. The Hall–Kier alpha value is -0.990. The quantitative estimate of drug-likeness (QED) is 0.897. The number of halogens is 1. The number of benzene rings is 1. The van der Waals surface area contributed by atoms with E-state index in [9.17, 15) is 0 Å². The lowest BCUT2D eigenvalue weighted by atomic mass is 9.93. The summed E-state index contributed by atoms with van der Waals surface area (Å²) in [7, 11) is 4.18. The number of hydrogen-bond donors (Lipinski definition) is 1. The lowest BCUT2D eigenvalue weighted by Crippen LogP contribution is -2.24. The molecule has 1 aromatic heterocycles. The summed E-state index contributed by atoms with van der Waals surface area (Å²) in [4.78, 5) is 0. The van der Waals surface area contributed by atoms with E-state index >= 15 is 0 Å². The van der Waals surface area contributed by atoms with Crippen LogP contribution in [0.5, 0.6) is 0 Å². The van der Waals surface area contributed by atoms with E-state index in [0.29, 0.717) is 5.41 Å². The molecule has 0 aliphatic heterocycles. The third-order valence-electron chi connectivity index (χ3n) is 4.35. The van der Waals surface area contributed by atoms with Crippen LogP contribution in [0.25, 0.3) is 10.9 Å². The first kappa shape index (κ1) is 12.1. The first-order valence-electron chi connectivity index (χ1n) is 6.49. The minimum absolute atomic E-state index is 0.336. The summed E-state index contributed by atoms with van der Waals surface area (Å²) >= 11 is 6.17. The van der Waals surface area contributed by atoms with Crippen LogP contribution in [-0.4, -0.2) is 18.2 Å². The lowest BCUT2D eigenvalue weighted by molar-refractivity contribution is 0.621. The van der Waals surface area contributed by atoms with Gasteiger partial charge < -0.3 is 9.88 Å². The maximum Gasteiger partial charge on any atom is 0.0483 e. The highest BCUT2D eigenvalue weighted by molar-refractivity contribution is 6.31. The minimum Gasteiger partial charge on any atom is -0.348 e. The maximum absolute atomic E-state index is 6.17. The molecule has 96 valence electrons. The topological polar surface area (TPSA) is 17.0 Å². The van der Waals surface area contributed by atoms with Crippen molar-refractivity contribution in [3.63, 3.8) is 0 Å². The van der Waals surface area contributed by atoms with Gasteiger partial charge in [-0.1, -0.05) is 11.6 Å². The smallest absolute Gasteiger partial charge is 0.0483 e. The molecule has 1 heterocycles. The molecule has 0 radical (unpaired) electrons. The van der Waals surface area contributed by atoms with Gasteiger partial charge in [-0.05, 0) is 50.6 Å². The molecular weight excluding hydrogens is 244 g/mol. The molecule has 3 rings (SSSR count). The van der Waals surface area contributed by atoms with Crippen molar-refractivity contribution in [2.75, 3.05) is 13.6 Å². The van der Waals surface area contributed by atoms with Gasteiger partial charge in [0.25, 0.3) is 0 Å². The fourth-order valence-corrected chi connectivity index (χ4v) is 3.39. The van der Waals surface area contributed by atoms with Crippen LogP contribution < -0.4 is 5.32 Å². The predicted octanol–water partition coefficient (Wildman–Crippen LogP) is 3.39. The molecule has 0 saturated heterocycles. The van der Waals surface area contributed by atoms with Crippen LogP contribution in [-0.2, 0) is 12.5 Å². The van der Waals surface area contributed by atoms with Gasteiger partial charge in [-0.3, -0.25) is 0 Å². The number of nitrogens with zero attached hydrogens (tertiary/aromatic N) is 1. The Morgan fingerprint density at radius 1 is 1.39 bits per heavy atom. The van der Waals surface area contributed by atoms with Crippen LogP contribution in [0.2, 0.25) is 5.02 Å². The predicted molar refractivity (Wildman–Crippen MR) is 77.5 cm³/mol. The van der Waals surface area contributed by atoms with Crippen LogP contribution in [0.15, 0.2) is 18.2 Å². The Kier molecular flexibility index (Phi) is 2.68. The third kappa shape index (κ3) is 1.59. The molecule has 0 atom stereocenters. The normalized spacial score (nSPS) is 17.3. The van der Waals surface area contributed by atoms with E-state index in [1.54, 1.807) is 0 Å². The molecule has 2 nitrogen and oxygen atoms in total. The maximum atomic E-state index is 6.17. The zero-order chi connectivity index (χ0) is 12.9. The molecule has 0 bridgehead atoms. The van der Waals surface area contributed by atoms with E-state index in [-0.39, 0.29) is 0 Å². The minimum atomic E-state index is 0.336. The molecule has 0 spiro atoms. The Morgan fingerprint density at radius 2 is 2.11 bits per heavy atom. The van der Waals surface area contributed by atoms with E-state index in [0.717, 1.165) is 11.6 Å². The fourth-order valence-electron chi connectivity index (χ4n) is 3.22. The van der Waals surface area contributed by atoms with E-state index in [1.165, 1.54) is 35.0 Å². The summed E-state index contributed by atoms with van der Waals surface area (Å²) in [6.07, 6.45) is 2.56. The summed E-state index contributed by atoms with van der Waals surface area (Å²) < 4.78 is 2.29. The van der Waals surface area contributed by atoms with Crippen molar-refractivity contribution in [3.05, 3.63) is 34.5 Å². The van der Waals surface area contributed by atoms with Gasteiger partial charge in [-0.25, -0.2) is 0 Å². The molecule has 1 aromatic carbocycles. The molecule has 3 heteroatoms. The summed E-state index contributed by atoms with van der Waals surface area (Å²) in [6, 6.07) is 6.23. The first-order valence-corrected chi connectivity index (χ1v) is 6.86. The number of likely N-dealkylation sites (N-methyl/N-ethyl adjacent to an activating group) is 1. The standard InChI is InChI=1S/C15H19ClN2/c1-10-14(15(6-7-15)9-17-2)12-8-11(16)4-5-13(12)18(10)3/h4-5,8,17H,6-7,9H2,1-3H3. The number of aryl methyl sites for hydroxylation is 1. The molecular formula is C15H19ClN2. The number of hydrogen-bond acceptors (Lipinski definition) is 1. The summed E-state index contributed by atoms with van der Waals surface area (Å²) in [6.45, 7) is 3.28. The van der Waals surface area contributed by atoms with Gasteiger partial charge in [-0.2, -0.15) is 0 Å². The van der Waals surface area contributed by atoms with Crippen molar-refractivity contribution in [2.45, 2.75) is 25.2 Å². The van der Waals surface area contributed by atoms with Gasteiger partial charge in [0, 0.05) is 40.6 Å². The highest BCUT2D eigenvalue weighted by Gasteiger charge is 2.46. The summed E-state index contributed by atoms with van der Waals surface area (Å²) in [5.41, 5.74) is 4.49. The van der Waals surface area contributed by atoms with Crippen LogP contribution in [0.3, 0.4) is 0 Å². The number of fused-ring (bicyclic) bond motifs is 1. The van der Waals surface area contributed by atoms with Crippen LogP contribution in [0, 0.1) is 6.92 Å². The SMILES string of the molecule is CNCC1(c2c(C)n(C)c3ccc(Cl)cc23)CC1. The van der Waals surface area contributed by atoms with E-state index in [1.807, 2.05) is 13.1 Å². The Morgan fingerprint density at radius 3 is 2.72 bits per heavy atom. The van der Waals surface area contributed by atoms with Gasteiger partial charge in [0.15, 0.2) is 0 Å². The van der Waals surface area contributed by atoms with Crippen molar-refractivity contribution in [2.24, 2.45) is 7.05 Å². The van der Waals surface area contributed by atoms with Gasteiger partial charge in [-0.15, -0.1) is 0 Å². The molecule has 1 fully saturated rings. The molecule has 1 aliphatic carbocycles. The largest absolute Gasteiger partial charge is 0.348 e. The molecule has 0 unspecified atom stereocenters. The highest BCUT2D eigenvalue weighted by Crippen LogP contribution is 2.51. The van der Waals surface area contributed by atoms with Gasteiger partial charge >= 0.3 is 0 Å². The molecule has 2 aromatic rings. The molecule has 0 amide bonds. The van der Waals surface area contributed by atoms with Crippen LogP contribution in [0.1, 0.15) is 24.1 Å². The van der Waals surface area contributed by atoms with Crippen molar-refractivity contribution >= 4 is 22.5 Å². The van der Waals surface area contributed by atoms with Crippen LogP contribution in [0.4, 0.5) is 0 Å². The second-order valence-electron chi connectivity index (χ2n) is 5.49. The third-order valence-corrected chi connectivity index (χ3v) is 4.59. The monoisotopic (exact) mass is 262 g/mol. The first-order chi connectivity index (χ1) is 8.59. The van der Waals surface area contributed by atoms with E-state index in [2.05, 4.69) is 36.0 Å². The average Bonchev–Trinajstić information content (AvgIpc) is 3.04. The Labute approximate surface area is 113 Å². The van der Waals surface area contributed by atoms with Crippen LogP contribution >= 0.6 is 11.6 Å². The average molecular weight is 263 g/mol. The molecule has 1 N–H and O–H groups in total. The fraction of sp³-hybridized carbons (Fsp3) is 0.467. The summed E-state index contributed by atoms with van der Waals surface area (Å²) in [5.74, 6) is 0. The van der Waals surface area contributed by atoms with E-state index in [4.69, 9.17) is 11.6 Å². The van der Waals surface area contributed by atoms with Crippen molar-refractivity contribution in [1.82, 2.24) is 9.88 Å². The molecule has 1 saturated carbocycles. The lowest BCUT2D eigenvalue weighted by Gasteiger charge is -2.16. The zero-order valence-electron chi connectivity index (χ0n) is 11.2. The number of nitrogens with one attached hydrogen (secondary N) is 1. The summed E-state index contributed by atoms with van der Waals surface area (Å²) in [5, 5.41) is 5.50. The molecule has 1 aliphatic rings. The Balaban J connectivity index is 2.28. The van der Waals surface area contributed by atoms with Gasteiger partial charge in [0.2, 0.25) is 0 Å². The second kappa shape index (κ2) is 4.01. The van der Waals surface area contributed by atoms with Gasteiger partial charge in [0.05, 0.1) is 0 Å². The highest BCUT2D eigenvalue weighted by atomic mass is 35.5. The van der Waals surface area contributed by atoms with Crippen molar-refractivity contribution in [1.29, 1.82) is 0 Å². The molecule has 18 heavy (non-hydrogen) atoms. The Bertz CT molecular complexity index is 608. The second-order valence-corrected chi connectivity index (χ2v) is 5.93.